The molecule has 4 aromatic rings. The number of aromatic nitrogens is 2. The summed E-state index contributed by atoms with van der Waals surface area (Å²) >= 11 is 0. The van der Waals surface area contributed by atoms with Crippen molar-refractivity contribution in [2.45, 2.75) is 6.54 Å². The SMILES string of the molecule is O=c1c(F)cc2ccccc2n1Cc1coc(-c2ccccc2)n1. The molecule has 4 rings (SSSR count). The molecule has 0 bridgehead atoms. The minimum atomic E-state index is -0.777. The fourth-order valence-corrected chi connectivity index (χ4v) is 2.70. The van der Waals surface area contributed by atoms with E-state index in [0.29, 0.717) is 22.5 Å². The Labute approximate surface area is 136 Å². The third-order valence-corrected chi connectivity index (χ3v) is 3.85. The second-order valence-corrected chi connectivity index (χ2v) is 5.45. The highest BCUT2D eigenvalue weighted by Crippen LogP contribution is 2.19. The number of oxazole rings is 1. The second kappa shape index (κ2) is 5.77. The maximum atomic E-state index is 13.9. The van der Waals surface area contributed by atoms with Crippen LogP contribution in [0.5, 0.6) is 0 Å². The lowest BCUT2D eigenvalue weighted by Crippen LogP contribution is -2.24. The summed E-state index contributed by atoms with van der Waals surface area (Å²) in [7, 11) is 0. The van der Waals surface area contributed by atoms with Crippen molar-refractivity contribution in [1.29, 1.82) is 0 Å². The molecule has 0 spiro atoms. The normalized spacial score (nSPS) is 11.0. The molecule has 5 heteroatoms. The second-order valence-electron chi connectivity index (χ2n) is 5.45. The molecular formula is C19H13FN2O2. The van der Waals surface area contributed by atoms with Gasteiger partial charge in [0, 0.05) is 10.9 Å². The Bertz CT molecular complexity index is 1070. The number of pyridine rings is 1. The summed E-state index contributed by atoms with van der Waals surface area (Å²) in [5.74, 6) is -0.306. The van der Waals surface area contributed by atoms with Gasteiger partial charge in [-0.1, -0.05) is 36.4 Å². The monoisotopic (exact) mass is 320 g/mol. The van der Waals surface area contributed by atoms with Crippen molar-refractivity contribution in [2.75, 3.05) is 0 Å². The van der Waals surface area contributed by atoms with Crippen LogP contribution in [0.4, 0.5) is 4.39 Å². The van der Waals surface area contributed by atoms with E-state index in [1.54, 1.807) is 18.2 Å². The highest BCUT2D eigenvalue weighted by atomic mass is 19.1. The fourth-order valence-electron chi connectivity index (χ4n) is 2.70. The zero-order valence-electron chi connectivity index (χ0n) is 12.6. The molecule has 0 saturated carbocycles. The number of para-hydroxylation sites is 1. The molecule has 0 fully saturated rings. The maximum absolute atomic E-state index is 13.9. The van der Waals surface area contributed by atoms with Crippen LogP contribution in [0, 0.1) is 5.82 Å². The van der Waals surface area contributed by atoms with Crippen molar-refractivity contribution >= 4 is 10.9 Å². The molecular weight excluding hydrogens is 307 g/mol. The lowest BCUT2D eigenvalue weighted by atomic mass is 10.2. The van der Waals surface area contributed by atoms with Crippen molar-refractivity contribution in [3.8, 4) is 11.5 Å². The smallest absolute Gasteiger partial charge is 0.287 e. The molecule has 2 aromatic carbocycles. The minimum Gasteiger partial charge on any atom is -0.444 e. The van der Waals surface area contributed by atoms with E-state index in [1.165, 1.54) is 16.9 Å². The first kappa shape index (κ1) is 14.4. The van der Waals surface area contributed by atoms with Crippen LogP contribution >= 0.6 is 0 Å². The Balaban J connectivity index is 1.77. The number of fused-ring (bicyclic) bond motifs is 1. The zero-order valence-corrected chi connectivity index (χ0v) is 12.6. The van der Waals surface area contributed by atoms with E-state index in [1.807, 2.05) is 36.4 Å². The first-order valence-electron chi connectivity index (χ1n) is 7.50. The van der Waals surface area contributed by atoms with Crippen LogP contribution < -0.4 is 5.56 Å². The molecule has 2 heterocycles. The topological polar surface area (TPSA) is 48.0 Å². The molecule has 0 amide bonds. The lowest BCUT2D eigenvalue weighted by Gasteiger charge is -2.08. The molecule has 118 valence electrons. The quantitative estimate of drug-likeness (QED) is 0.576. The molecule has 0 radical (unpaired) electrons. The van der Waals surface area contributed by atoms with Crippen LogP contribution in [0.25, 0.3) is 22.4 Å². The standard InChI is InChI=1S/C19H13FN2O2/c20-16-10-14-8-4-5-9-17(14)22(19(16)23)11-15-12-24-18(21-15)13-6-2-1-3-7-13/h1-10,12H,11H2. The zero-order chi connectivity index (χ0) is 16.5. The van der Waals surface area contributed by atoms with E-state index in [-0.39, 0.29) is 6.54 Å². The van der Waals surface area contributed by atoms with Gasteiger partial charge < -0.3 is 4.42 Å². The molecule has 0 atom stereocenters. The number of rotatable bonds is 3. The average Bonchev–Trinajstić information content (AvgIpc) is 3.08. The number of hydrogen-bond donors (Lipinski definition) is 0. The molecule has 0 aliphatic rings. The summed E-state index contributed by atoms with van der Waals surface area (Å²) in [6.45, 7) is 0.146. The molecule has 4 nitrogen and oxygen atoms in total. The van der Waals surface area contributed by atoms with E-state index in [9.17, 15) is 9.18 Å². The summed E-state index contributed by atoms with van der Waals surface area (Å²) in [5, 5.41) is 0.668. The van der Waals surface area contributed by atoms with Crippen molar-refractivity contribution < 1.29 is 8.81 Å². The Morgan fingerprint density at radius 3 is 2.62 bits per heavy atom. The van der Waals surface area contributed by atoms with Crippen LogP contribution in [0.3, 0.4) is 0 Å². The van der Waals surface area contributed by atoms with Crippen LogP contribution in [-0.2, 0) is 6.54 Å². The predicted octanol–water partition coefficient (Wildman–Crippen LogP) is 3.84. The summed E-state index contributed by atoms with van der Waals surface area (Å²) < 4.78 is 20.8. The van der Waals surface area contributed by atoms with Gasteiger partial charge in [-0.25, -0.2) is 9.37 Å². The van der Waals surface area contributed by atoms with Crippen LogP contribution in [-0.4, -0.2) is 9.55 Å². The molecule has 0 unspecified atom stereocenters. The van der Waals surface area contributed by atoms with Crippen LogP contribution in [0.15, 0.2) is 76.1 Å². The van der Waals surface area contributed by atoms with E-state index >= 15 is 0 Å². The van der Waals surface area contributed by atoms with E-state index in [0.717, 1.165) is 5.56 Å². The van der Waals surface area contributed by atoms with Gasteiger partial charge in [-0.2, -0.15) is 0 Å². The van der Waals surface area contributed by atoms with Gasteiger partial charge in [0.2, 0.25) is 5.89 Å². The van der Waals surface area contributed by atoms with Gasteiger partial charge in [-0.05, 0) is 24.3 Å². The molecule has 0 aliphatic heterocycles. The first-order valence-corrected chi connectivity index (χ1v) is 7.50. The Hall–Kier alpha value is -3.21. The van der Waals surface area contributed by atoms with Gasteiger partial charge in [-0.3, -0.25) is 9.36 Å². The number of hydrogen-bond acceptors (Lipinski definition) is 3. The maximum Gasteiger partial charge on any atom is 0.287 e. The first-order chi connectivity index (χ1) is 11.7. The van der Waals surface area contributed by atoms with Crippen molar-refractivity contribution in [3.05, 3.63) is 88.8 Å². The summed E-state index contributed by atoms with van der Waals surface area (Å²) in [6.07, 6.45) is 1.49. The molecule has 0 aliphatic carbocycles. The summed E-state index contributed by atoms with van der Waals surface area (Å²) in [6, 6.07) is 17.9. The minimum absolute atomic E-state index is 0.146. The summed E-state index contributed by atoms with van der Waals surface area (Å²) in [5.41, 5.74) is 1.40. The van der Waals surface area contributed by atoms with Gasteiger partial charge >= 0.3 is 0 Å². The Morgan fingerprint density at radius 2 is 1.79 bits per heavy atom. The van der Waals surface area contributed by atoms with E-state index < -0.39 is 11.4 Å². The Morgan fingerprint density at radius 1 is 1.04 bits per heavy atom. The third-order valence-electron chi connectivity index (χ3n) is 3.85. The Kier molecular flexibility index (Phi) is 3.46. The van der Waals surface area contributed by atoms with Crippen molar-refractivity contribution in [3.63, 3.8) is 0 Å². The molecule has 2 aromatic heterocycles. The van der Waals surface area contributed by atoms with Crippen molar-refractivity contribution in [1.82, 2.24) is 9.55 Å². The molecule has 24 heavy (non-hydrogen) atoms. The molecule has 0 N–H and O–H groups in total. The number of nitrogens with zero attached hydrogens (tertiary/aromatic N) is 2. The molecule has 0 saturated heterocycles. The fraction of sp³-hybridized carbons (Fsp3) is 0.0526. The van der Waals surface area contributed by atoms with Gasteiger partial charge in [0.1, 0.15) is 6.26 Å². The average molecular weight is 320 g/mol. The number of benzene rings is 2. The highest BCUT2D eigenvalue weighted by molar-refractivity contribution is 5.79. The van der Waals surface area contributed by atoms with Crippen LogP contribution in [0.2, 0.25) is 0 Å². The largest absolute Gasteiger partial charge is 0.444 e. The van der Waals surface area contributed by atoms with Gasteiger partial charge in [0.05, 0.1) is 17.8 Å². The van der Waals surface area contributed by atoms with Crippen LogP contribution in [0.1, 0.15) is 5.69 Å². The lowest BCUT2D eigenvalue weighted by molar-refractivity contribution is 0.568. The van der Waals surface area contributed by atoms with E-state index in [4.69, 9.17) is 4.42 Å². The third kappa shape index (κ3) is 2.50. The summed E-state index contributed by atoms with van der Waals surface area (Å²) in [4.78, 5) is 16.6. The number of halogens is 1. The van der Waals surface area contributed by atoms with Gasteiger partial charge in [-0.15, -0.1) is 0 Å². The van der Waals surface area contributed by atoms with E-state index in [2.05, 4.69) is 4.98 Å². The van der Waals surface area contributed by atoms with Gasteiger partial charge in [0.15, 0.2) is 5.82 Å². The predicted molar refractivity (Wildman–Crippen MR) is 89.2 cm³/mol. The highest BCUT2D eigenvalue weighted by Gasteiger charge is 2.12. The van der Waals surface area contributed by atoms with Gasteiger partial charge in [0.25, 0.3) is 5.56 Å². The van der Waals surface area contributed by atoms with Crippen molar-refractivity contribution in [2.24, 2.45) is 0 Å².